The molecule has 0 saturated carbocycles. The van der Waals surface area contributed by atoms with Crippen LogP contribution in [-0.2, 0) is 11.3 Å². The van der Waals surface area contributed by atoms with Crippen molar-refractivity contribution in [3.8, 4) is 22.1 Å². The lowest BCUT2D eigenvalue weighted by atomic mass is 10.2. The molecule has 33 heavy (non-hydrogen) atoms. The Labute approximate surface area is 197 Å². The SMILES string of the molecule is COc1cccc(-c2nc(COC(=O)c3sc(NC(=O)c4ccco4)cc3C)cs2)c1OC. The van der Waals surface area contributed by atoms with Gasteiger partial charge in [0.05, 0.1) is 36.7 Å². The van der Waals surface area contributed by atoms with Crippen LogP contribution in [0.3, 0.4) is 0 Å². The number of aryl methyl sites for hydroxylation is 1. The standard InChI is InChI=1S/C23H20N2O6S2/c1-13-10-18(25-21(26)17-8-5-9-30-17)33-20(13)23(27)31-11-14-12-32-22(24-14)15-6-4-7-16(28-2)19(15)29-3/h4-10,12H,11H2,1-3H3,(H,25,26). The third kappa shape index (κ3) is 4.91. The van der Waals surface area contributed by atoms with Crippen molar-refractivity contribution < 1.29 is 28.2 Å². The maximum Gasteiger partial charge on any atom is 0.349 e. The lowest BCUT2D eigenvalue weighted by Gasteiger charge is -2.10. The van der Waals surface area contributed by atoms with Gasteiger partial charge in [-0.25, -0.2) is 9.78 Å². The molecule has 10 heteroatoms. The molecule has 0 bridgehead atoms. The average Bonchev–Trinajstić information content (AvgIpc) is 3.58. The summed E-state index contributed by atoms with van der Waals surface area (Å²) in [5.74, 6) is 0.531. The van der Waals surface area contributed by atoms with Crippen molar-refractivity contribution in [2.45, 2.75) is 13.5 Å². The Kier molecular flexibility index (Phi) is 6.76. The number of benzene rings is 1. The van der Waals surface area contributed by atoms with Crippen molar-refractivity contribution in [1.29, 1.82) is 0 Å². The van der Waals surface area contributed by atoms with Gasteiger partial charge in [-0.2, -0.15) is 0 Å². The maximum atomic E-state index is 12.6. The van der Waals surface area contributed by atoms with Crippen LogP contribution in [0, 0.1) is 6.92 Å². The van der Waals surface area contributed by atoms with Gasteiger partial charge in [-0.1, -0.05) is 6.07 Å². The van der Waals surface area contributed by atoms with Gasteiger partial charge in [-0.05, 0) is 42.8 Å². The number of rotatable bonds is 8. The van der Waals surface area contributed by atoms with Crippen LogP contribution < -0.4 is 14.8 Å². The second-order valence-electron chi connectivity index (χ2n) is 6.82. The molecule has 8 nitrogen and oxygen atoms in total. The number of carbonyl (C=O) groups excluding carboxylic acids is 2. The molecule has 0 radical (unpaired) electrons. The first-order chi connectivity index (χ1) is 16.0. The van der Waals surface area contributed by atoms with E-state index in [0.29, 0.717) is 32.6 Å². The largest absolute Gasteiger partial charge is 0.493 e. The van der Waals surface area contributed by atoms with E-state index in [-0.39, 0.29) is 18.3 Å². The minimum Gasteiger partial charge on any atom is -0.493 e. The summed E-state index contributed by atoms with van der Waals surface area (Å²) < 4.78 is 21.4. The molecule has 0 atom stereocenters. The third-order valence-electron chi connectivity index (χ3n) is 4.62. The Morgan fingerprint density at radius 1 is 1.15 bits per heavy atom. The highest BCUT2D eigenvalue weighted by Crippen LogP contribution is 2.39. The van der Waals surface area contributed by atoms with Crippen molar-refractivity contribution in [1.82, 2.24) is 4.98 Å². The number of nitrogens with one attached hydrogen (secondary N) is 1. The molecular weight excluding hydrogens is 464 g/mol. The number of hydrogen-bond acceptors (Lipinski definition) is 9. The van der Waals surface area contributed by atoms with Crippen LogP contribution in [0.1, 0.15) is 31.5 Å². The number of ether oxygens (including phenoxy) is 3. The Bertz CT molecular complexity index is 1280. The molecule has 0 unspecified atom stereocenters. The van der Waals surface area contributed by atoms with Gasteiger partial charge in [-0.15, -0.1) is 22.7 Å². The molecule has 4 aromatic rings. The molecule has 1 aromatic carbocycles. The second-order valence-corrected chi connectivity index (χ2v) is 8.73. The molecular formula is C23H20N2O6S2. The molecule has 0 aliphatic rings. The molecule has 1 N–H and O–H groups in total. The lowest BCUT2D eigenvalue weighted by Crippen LogP contribution is -2.09. The lowest BCUT2D eigenvalue weighted by molar-refractivity contribution is 0.0473. The first-order valence-corrected chi connectivity index (χ1v) is 11.5. The maximum absolute atomic E-state index is 12.6. The number of thiazole rings is 1. The highest BCUT2D eigenvalue weighted by Gasteiger charge is 2.19. The number of hydrogen-bond donors (Lipinski definition) is 1. The van der Waals surface area contributed by atoms with Crippen molar-refractivity contribution in [2.75, 3.05) is 19.5 Å². The van der Waals surface area contributed by atoms with E-state index in [1.54, 1.807) is 39.3 Å². The average molecular weight is 485 g/mol. The second kappa shape index (κ2) is 9.88. The minimum atomic E-state index is -0.482. The monoisotopic (exact) mass is 484 g/mol. The van der Waals surface area contributed by atoms with Crippen LogP contribution in [0.4, 0.5) is 5.00 Å². The summed E-state index contributed by atoms with van der Waals surface area (Å²) in [6, 6.07) is 10.5. The van der Waals surface area contributed by atoms with Crippen LogP contribution in [0.25, 0.3) is 10.6 Å². The van der Waals surface area contributed by atoms with Gasteiger partial charge < -0.3 is 23.9 Å². The molecule has 3 aromatic heterocycles. The van der Waals surface area contributed by atoms with E-state index in [2.05, 4.69) is 10.3 Å². The van der Waals surface area contributed by atoms with Gasteiger partial charge in [0.25, 0.3) is 5.91 Å². The summed E-state index contributed by atoms with van der Waals surface area (Å²) in [6.07, 6.45) is 1.42. The molecule has 0 saturated heterocycles. The fourth-order valence-corrected chi connectivity index (χ4v) is 4.87. The number of nitrogens with zero attached hydrogens (tertiary/aromatic N) is 1. The van der Waals surface area contributed by atoms with Gasteiger partial charge in [0.15, 0.2) is 17.3 Å². The van der Waals surface area contributed by atoms with Gasteiger partial charge >= 0.3 is 5.97 Å². The van der Waals surface area contributed by atoms with Crippen LogP contribution in [0.15, 0.2) is 52.5 Å². The van der Waals surface area contributed by atoms with Crippen LogP contribution in [-0.4, -0.2) is 31.1 Å². The zero-order chi connectivity index (χ0) is 23.4. The molecule has 3 heterocycles. The Hall–Kier alpha value is -3.63. The number of aromatic nitrogens is 1. The van der Waals surface area contributed by atoms with Crippen LogP contribution in [0.5, 0.6) is 11.5 Å². The number of amides is 1. The molecule has 0 spiro atoms. The van der Waals surface area contributed by atoms with E-state index in [0.717, 1.165) is 21.9 Å². The van der Waals surface area contributed by atoms with Crippen molar-refractivity contribution in [2.24, 2.45) is 0 Å². The number of anilines is 1. The van der Waals surface area contributed by atoms with Gasteiger partial charge in [-0.3, -0.25) is 4.79 Å². The molecule has 1 amide bonds. The molecule has 0 fully saturated rings. The third-order valence-corrected chi connectivity index (χ3v) is 6.68. The first kappa shape index (κ1) is 22.6. The fraction of sp³-hybridized carbons (Fsp3) is 0.174. The van der Waals surface area contributed by atoms with Crippen LogP contribution >= 0.6 is 22.7 Å². The normalized spacial score (nSPS) is 10.6. The van der Waals surface area contributed by atoms with Gasteiger partial charge in [0.1, 0.15) is 16.5 Å². The van der Waals surface area contributed by atoms with Crippen molar-refractivity contribution in [3.05, 3.63) is 69.9 Å². The zero-order valence-corrected chi connectivity index (χ0v) is 19.7. The Balaban J connectivity index is 1.42. The Morgan fingerprint density at radius 2 is 2.00 bits per heavy atom. The molecule has 0 aliphatic heterocycles. The highest BCUT2D eigenvalue weighted by atomic mass is 32.1. The van der Waals surface area contributed by atoms with Crippen molar-refractivity contribution in [3.63, 3.8) is 0 Å². The minimum absolute atomic E-state index is 0.0209. The van der Waals surface area contributed by atoms with E-state index in [9.17, 15) is 9.59 Å². The predicted molar refractivity (Wildman–Crippen MR) is 125 cm³/mol. The summed E-state index contributed by atoms with van der Waals surface area (Å²) in [4.78, 5) is 29.7. The van der Waals surface area contributed by atoms with E-state index >= 15 is 0 Å². The van der Waals surface area contributed by atoms with E-state index < -0.39 is 5.97 Å². The topological polar surface area (TPSA) is 99.9 Å². The van der Waals surface area contributed by atoms with Crippen LogP contribution in [0.2, 0.25) is 0 Å². The summed E-state index contributed by atoms with van der Waals surface area (Å²) in [7, 11) is 3.15. The summed E-state index contributed by atoms with van der Waals surface area (Å²) >= 11 is 2.56. The van der Waals surface area contributed by atoms with Gasteiger partial charge in [0, 0.05) is 5.38 Å². The highest BCUT2D eigenvalue weighted by molar-refractivity contribution is 7.18. The van der Waals surface area contributed by atoms with Crippen molar-refractivity contribution >= 4 is 39.6 Å². The first-order valence-electron chi connectivity index (χ1n) is 9.78. The number of methoxy groups -OCH3 is 2. The smallest absolute Gasteiger partial charge is 0.349 e. The molecule has 4 rings (SSSR count). The number of furan rings is 1. The molecule has 170 valence electrons. The zero-order valence-electron chi connectivity index (χ0n) is 18.0. The van der Waals surface area contributed by atoms with E-state index in [4.69, 9.17) is 18.6 Å². The Morgan fingerprint density at radius 3 is 2.73 bits per heavy atom. The number of para-hydroxylation sites is 1. The van der Waals surface area contributed by atoms with E-state index in [1.165, 1.54) is 17.6 Å². The number of carbonyl (C=O) groups is 2. The van der Waals surface area contributed by atoms with E-state index in [1.807, 2.05) is 23.6 Å². The number of esters is 1. The summed E-state index contributed by atoms with van der Waals surface area (Å²) in [5, 5.41) is 5.81. The predicted octanol–water partition coefficient (Wildman–Crippen LogP) is 5.40. The number of thiophene rings is 1. The fourth-order valence-electron chi connectivity index (χ4n) is 3.09. The summed E-state index contributed by atoms with van der Waals surface area (Å²) in [5.41, 5.74) is 2.12. The summed E-state index contributed by atoms with van der Waals surface area (Å²) in [6.45, 7) is 1.80. The van der Waals surface area contributed by atoms with Gasteiger partial charge in [0.2, 0.25) is 0 Å². The molecule has 0 aliphatic carbocycles. The quantitative estimate of drug-likeness (QED) is 0.334.